The Kier molecular flexibility index (Phi) is 5.65. The van der Waals surface area contributed by atoms with Crippen LogP contribution in [-0.2, 0) is 26.9 Å². The number of carbonyl (C=O) groups is 1. The molecule has 1 N–H and O–H groups in total. The zero-order chi connectivity index (χ0) is 21.2. The molecule has 1 aromatic heterocycles. The first-order valence-corrected chi connectivity index (χ1v) is 10.6. The topological polar surface area (TPSA) is 81.1 Å². The van der Waals surface area contributed by atoms with Gasteiger partial charge in [-0.05, 0) is 17.7 Å². The van der Waals surface area contributed by atoms with Crippen LogP contribution >= 0.6 is 0 Å². The van der Waals surface area contributed by atoms with Gasteiger partial charge in [0.2, 0.25) is 5.91 Å². The second-order valence-corrected chi connectivity index (χ2v) is 8.77. The van der Waals surface area contributed by atoms with E-state index in [-0.39, 0.29) is 11.4 Å². The average Bonchev–Trinajstić information content (AvgIpc) is 2.95. The van der Waals surface area contributed by atoms with Crippen molar-refractivity contribution in [2.24, 2.45) is 0 Å². The summed E-state index contributed by atoms with van der Waals surface area (Å²) < 4.78 is 65.2. The molecule has 0 saturated carbocycles. The van der Waals surface area contributed by atoms with E-state index < -0.39 is 40.3 Å². The fraction of sp³-hybridized carbons (Fsp3) is 0.263. The third kappa shape index (κ3) is 5.14. The number of aromatic nitrogens is 2. The van der Waals surface area contributed by atoms with Crippen LogP contribution in [-0.4, -0.2) is 36.3 Å². The highest BCUT2D eigenvalue weighted by Crippen LogP contribution is 2.32. The second-order valence-electron chi connectivity index (χ2n) is 6.63. The van der Waals surface area contributed by atoms with E-state index in [4.69, 9.17) is 0 Å². The average molecular weight is 425 g/mol. The predicted molar refractivity (Wildman–Crippen MR) is 102 cm³/mol. The lowest BCUT2D eigenvalue weighted by molar-refractivity contribution is -0.163. The molecule has 3 rings (SSSR count). The molecular formula is C19H18F3N3O3S. The lowest BCUT2D eigenvalue weighted by Gasteiger charge is -2.22. The Balaban J connectivity index is 1.91. The van der Waals surface area contributed by atoms with E-state index in [2.05, 4.69) is 4.98 Å². The summed E-state index contributed by atoms with van der Waals surface area (Å²) in [5, 5.41) is 2.00. The molecule has 3 aromatic rings. The van der Waals surface area contributed by atoms with E-state index in [0.717, 1.165) is 6.26 Å². The monoisotopic (exact) mass is 425 g/mol. The van der Waals surface area contributed by atoms with Gasteiger partial charge in [0.05, 0.1) is 11.0 Å². The highest BCUT2D eigenvalue weighted by Gasteiger charge is 2.41. The van der Waals surface area contributed by atoms with Gasteiger partial charge in [-0.3, -0.25) is 4.79 Å². The standard InChI is InChI=1S/C19H18F3N3O3S/c1-29(27,28)12-16-23-14-9-5-6-10-15(14)25(16)11-17(26)24-18(19(20,21)22)13-7-3-2-4-8-13/h2-10,18H,11-12H2,1H3,(H,24,26). The molecule has 2 aromatic carbocycles. The van der Waals surface area contributed by atoms with Crippen molar-refractivity contribution in [3.05, 3.63) is 66.0 Å². The van der Waals surface area contributed by atoms with Crippen molar-refractivity contribution in [3.63, 3.8) is 0 Å². The highest BCUT2D eigenvalue weighted by atomic mass is 32.2. The van der Waals surface area contributed by atoms with Gasteiger partial charge in [-0.25, -0.2) is 13.4 Å². The number of halogens is 3. The molecule has 0 aliphatic rings. The number of rotatable bonds is 6. The molecule has 0 bridgehead atoms. The van der Waals surface area contributed by atoms with Crippen LogP contribution in [0.4, 0.5) is 13.2 Å². The van der Waals surface area contributed by atoms with Crippen molar-refractivity contribution in [2.75, 3.05) is 6.26 Å². The zero-order valence-corrected chi connectivity index (χ0v) is 16.2. The van der Waals surface area contributed by atoms with Crippen molar-refractivity contribution in [1.29, 1.82) is 0 Å². The maximum absolute atomic E-state index is 13.5. The van der Waals surface area contributed by atoms with Crippen molar-refractivity contribution < 1.29 is 26.4 Å². The second kappa shape index (κ2) is 7.86. The molecule has 154 valence electrons. The molecule has 29 heavy (non-hydrogen) atoms. The summed E-state index contributed by atoms with van der Waals surface area (Å²) in [6.45, 7) is -0.495. The lowest BCUT2D eigenvalue weighted by atomic mass is 10.1. The molecule has 6 nitrogen and oxygen atoms in total. The van der Waals surface area contributed by atoms with Gasteiger partial charge in [-0.1, -0.05) is 42.5 Å². The van der Waals surface area contributed by atoms with E-state index >= 15 is 0 Å². The Morgan fingerprint density at radius 1 is 1.10 bits per heavy atom. The van der Waals surface area contributed by atoms with E-state index in [1.165, 1.54) is 28.8 Å². The van der Waals surface area contributed by atoms with E-state index in [1.807, 2.05) is 5.32 Å². The van der Waals surface area contributed by atoms with Crippen molar-refractivity contribution in [1.82, 2.24) is 14.9 Å². The zero-order valence-electron chi connectivity index (χ0n) is 15.3. The van der Waals surface area contributed by atoms with Crippen LogP contribution in [0.2, 0.25) is 0 Å². The van der Waals surface area contributed by atoms with Gasteiger partial charge in [0.1, 0.15) is 18.1 Å². The summed E-state index contributed by atoms with van der Waals surface area (Å²) in [5.41, 5.74) is 0.819. The fourth-order valence-electron chi connectivity index (χ4n) is 3.00. The van der Waals surface area contributed by atoms with E-state index in [9.17, 15) is 26.4 Å². The van der Waals surface area contributed by atoms with E-state index in [0.29, 0.717) is 11.0 Å². The van der Waals surface area contributed by atoms with Crippen molar-refractivity contribution >= 4 is 26.8 Å². The van der Waals surface area contributed by atoms with Crippen LogP contribution in [0.1, 0.15) is 17.4 Å². The summed E-state index contributed by atoms with van der Waals surface area (Å²) in [6.07, 6.45) is -3.67. The van der Waals surface area contributed by atoms with E-state index in [1.54, 1.807) is 30.3 Å². The number of fused-ring (bicyclic) bond motifs is 1. The van der Waals surface area contributed by atoms with Gasteiger partial charge in [0.25, 0.3) is 0 Å². The molecule has 0 spiro atoms. The van der Waals surface area contributed by atoms with Crippen molar-refractivity contribution in [2.45, 2.75) is 24.5 Å². The number of sulfone groups is 1. The number of nitrogens with zero attached hydrogens (tertiary/aromatic N) is 2. The largest absolute Gasteiger partial charge is 0.412 e. The third-order valence-corrected chi connectivity index (χ3v) is 4.97. The van der Waals surface area contributed by atoms with Crippen LogP contribution in [0.25, 0.3) is 11.0 Å². The highest BCUT2D eigenvalue weighted by molar-refractivity contribution is 7.89. The summed E-state index contributed by atoms with van der Waals surface area (Å²) in [7, 11) is -3.47. The summed E-state index contributed by atoms with van der Waals surface area (Å²) in [4.78, 5) is 16.7. The quantitative estimate of drug-likeness (QED) is 0.658. The van der Waals surface area contributed by atoms with Crippen LogP contribution in [0.5, 0.6) is 0 Å². The van der Waals surface area contributed by atoms with Gasteiger partial charge < -0.3 is 9.88 Å². The first-order valence-electron chi connectivity index (χ1n) is 8.57. The molecule has 0 fully saturated rings. The van der Waals surface area contributed by atoms with Crippen molar-refractivity contribution in [3.8, 4) is 0 Å². The molecule has 10 heteroatoms. The SMILES string of the molecule is CS(=O)(=O)Cc1nc2ccccc2n1CC(=O)NC(c1ccccc1)C(F)(F)F. The summed E-state index contributed by atoms with van der Waals surface area (Å²) in [5.74, 6) is -1.25. The Morgan fingerprint density at radius 2 is 1.72 bits per heavy atom. The van der Waals surface area contributed by atoms with Gasteiger partial charge in [-0.15, -0.1) is 0 Å². The summed E-state index contributed by atoms with van der Waals surface area (Å²) in [6, 6.07) is 11.5. The maximum Gasteiger partial charge on any atom is 0.412 e. The number of amides is 1. The number of nitrogens with one attached hydrogen (secondary N) is 1. The number of carbonyl (C=O) groups excluding carboxylic acids is 1. The minimum Gasteiger partial charge on any atom is -0.339 e. The number of hydrogen-bond donors (Lipinski definition) is 1. The Hall–Kier alpha value is -2.88. The van der Waals surface area contributed by atoms with Gasteiger partial charge in [0.15, 0.2) is 15.9 Å². The molecule has 0 radical (unpaired) electrons. The lowest BCUT2D eigenvalue weighted by Crippen LogP contribution is -2.39. The molecule has 1 heterocycles. The smallest absolute Gasteiger partial charge is 0.339 e. The van der Waals surface area contributed by atoms with Gasteiger partial charge in [-0.2, -0.15) is 13.2 Å². The molecule has 0 saturated heterocycles. The van der Waals surface area contributed by atoms with Gasteiger partial charge in [0, 0.05) is 6.26 Å². The fourth-order valence-corrected chi connectivity index (χ4v) is 3.69. The maximum atomic E-state index is 13.5. The summed E-state index contributed by atoms with van der Waals surface area (Å²) >= 11 is 0. The predicted octanol–water partition coefficient (Wildman–Crippen LogP) is 3.00. The number of hydrogen-bond acceptors (Lipinski definition) is 4. The molecular weight excluding hydrogens is 407 g/mol. The Morgan fingerprint density at radius 3 is 2.34 bits per heavy atom. The van der Waals surface area contributed by atoms with Crippen LogP contribution < -0.4 is 5.32 Å². The molecule has 0 aliphatic carbocycles. The van der Waals surface area contributed by atoms with Gasteiger partial charge >= 0.3 is 6.18 Å². The molecule has 1 amide bonds. The molecule has 0 aliphatic heterocycles. The Labute approximate surface area is 165 Å². The first-order chi connectivity index (χ1) is 13.5. The molecule has 1 atom stereocenters. The number of para-hydroxylation sites is 2. The number of imidazole rings is 1. The Bertz CT molecular complexity index is 1130. The van der Waals surface area contributed by atoms with Crippen LogP contribution in [0.3, 0.4) is 0 Å². The molecule has 1 unspecified atom stereocenters. The minimum absolute atomic E-state index is 0.0899. The third-order valence-electron chi connectivity index (χ3n) is 4.19. The first kappa shape index (κ1) is 20.8. The normalized spacial score (nSPS) is 13.4. The van der Waals surface area contributed by atoms with Crippen LogP contribution in [0.15, 0.2) is 54.6 Å². The number of benzene rings is 2. The van der Waals surface area contributed by atoms with Crippen LogP contribution in [0, 0.1) is 0 Å². The number of alkyl halides is 3. The minimum atomic E-state index is -4.69.